The molecule has 0 N–H and O–H groups in total. The molecular formula is C27H29F3. The number of fused-ring (bicyclic) bond motifs is 1. The normalized spacial score (nSPS) is 19.3. The van der Waals surface area contributed by atoms with Crippen LogP contribution in [0.15, 0.2) is 48.5 Å². The van der Waals surface area contributed by atoms with Crippen LogP contribution < -0.4 is 0 Å². The second-order valence-corrected chi connectivity index (χ2v) is 8.85. The van der Waals surface area contributed by atoms with E-state index in [2.05, 4.69) is 13.0 Å². The third-order valence-electron chi connectivity index (χ3n) is 6.70. The molecule has 0 amide bonds. The minimum Gasteiger partial charge on any atom is -0.207 e. The third kappa shape index (κ3) is 4.71. The van der Waals surface area contributed by atoms with Gasteiger partial charge in [0, 0.05) is 17.0 Å². The van der Waals surface area contributed by atoms with Crippen molar-refractivity contribution in [2.45, 2.75) is 58.3 Å². The van der Waals surface area contributed by atoms with E-state index < -0.39 is 17.5 Å². The zero-order valence-corrected chi connectivity index (χ0v) is 17.6. The van der Waals surface area contributed by atoms with Gasteiger partial charge in [-0.05, 0) is 53.3 Å². The van der Waals surface area contributed by atoms with E-state index in [1.54, 1.807) is 12.1 Å². The second kappa shape index (κ2) is 9.24. The molecule has 158 valence electrons. The lowest BCUT2D eigenvalue weighted by Crippen LogP contribution is -2.15. The molecule has 1 aliphatic carbocycles. The van der Waals surface area contributed by atoms with Crippen LogP contribution in [0.25, 0.3) is 21.9 Å². The molecule has 3 heteroatoms. The molecule has 0 spiro atoms. The Kier molecular flexibility index (Phi) is 6.46. The topological polar surface area (TPSA) is 0 Å². The van der Waals surface area contributed by atoms with Gasteiger partial charge in [0.15, 0.2) is 0 Å². The van der Waals surface area contributed by atoms with Gasteiger partial charge in [-0.25, -0.2) is 13.2 Å². The van der Waals surface area contributed by atoms with Gasteiger partial charge in [-0.15, -0.1) is 0 Å². The van der Waals surface area contributed by atoms with Crippen LogP contribution in [-0.2, 0) is 6.42 Å². The minimum absolute atomic E-state index is 0.217. The van der Waals surface area contributed by atoms with Crippen LogP contribution >= 0.6 is 0 Å². The lowest BCUT2D eigenvalue weighted by Gasteiger charge is -2.28. The summed E-state index contributed by atoms with van der Waals surface area (Å²) < 4.78 is 42.2. The molecule has 30 heavy (non-hydrogen) atoms. The molecule has 0 nitrogen and oxygen atoms in total. The zero-order valence-electron chi connectivity index (χ0n) is 17.6. The highest BCUT2D eigenvalue weighted by Crippen LogP contribution is 2.35. The first-order valence-corrected chi connectivity index (χ1v) is 11.2. The smallest absolute Gasteiger partial charge is 0.138 e. The summed E-state index contributed by atoms with van der Waals surface area (Å²) >= 11 is 0. The fourth-order valence-corrected chi connectivity index (χ4v) is 5.02. The summed E-state index contributed by atoms with van der Waals surface area (Å²) in [6.07, 6.45) is 10.3. The Balaban J connectivity index is 1.47. The van der Waals surface area contributed by atoms with E-state index >= 15 is 4.39 Å². The highest BCUT2D eigenvalue weighted by atomic mass is 19.1. The standard InChI is InChI=1S/C27H29F3/c1-2-3-18-4-6-19(7-5-18)8-9-20-10-12-25-21(14-20)11-13-26(27(25)30)22-15-23(28)17-24(29)16-22/h10-19H,2-9H2,1H3. The highest BCUT2D eigenvalue weighted by Gasteiger charge is 2.20. The number of halogens is 3. The fraction of sp³-hybridized carbons (Fsp3) is 0.407. The molecule has 0 saturated heterocycles. The molecule has 4 rings (SSSR count). The highest BCUT2D eigenvalue weighted by molar-refractivity contribution is 5.88. The van der Waals surface area contributed by atoms with Crippen molar-refractivity contribution in [2.75, 3.05) is 0 Å². The Hall–Kier alpha value is -2.29. The zero-order chi connectivity index (χ0) is 21.1. The van der Waals surface area contributed by atoms with Crippen LogP contribution in [0.2, 0.25) is 0 Å². The Bertz CT molecular complexity index is 996. The number of hydrogen-bond acceptors (Lipinski definition) is 0. The van der Waals surface area contributed by atoms with Crippen molar-refractivity contribution in [3.05, 3.63) is 71.5 Å². The summed E-state index contributed by atoms with van der Waals surface area (Å²) in [7, 11) is 0. The van der Waals surface area contributed by atoms with Gasteiger partial charge >= 0.3 is 0 Å². The van der Waals surface area contributed by atoms with Crippen molar-refractivity contribution in [3.8, 4) is 11.1 Å². The largest absolute Gasteiger partial charge is 0.207 e. The van der Waals surface area contributed by atoms with Gasteiger partial charge in [0.1, 0.15) is 17.5 Å². The van der Waals surface area contributed by atoms with Crippen molar-refractivity contribution in [1.82, 2.24) is 0 Å². The van der Waals surface area contributed by atoms with Gasteiger partial charge in [0.2, 0.25) is 0 Å². The van der Waals surface area contributed by atoms with Crippen molar-refractivity contribution < 1.29 is 13.2 Å². The van der Waals surface area contributed by atoms with Crippen LogP contribution in [0.5, 0.6) is 0 Å². The Labute approximate surface area is 177 Å². The maximum Gasteiger partial charge on any atom is 0.138 e. The lowest BCUT2D eigenvalue weighted by atomic mass is 9.78. The molecule has 1 fully saturated rings. The summed E-state index contributed by atoms with van der Waals surface area (Å²) in [5.41, 5.74) is 1.66. The molecule has 3 aromatic carbocycles. The number of rotatable bonds is 6. The molecule has 0 radical (unpaired) electrons. The molecule has 1 aliphatic rings. The number of aryl methyl sites for hydroxylation is 1. The van der Waals surface area contributed by atoms with Crippen LogP contribution in [0.1, 0.15) is 57.4 Å². The molecule has 0 aromatic heterocycles. The van der Waals surface area contributed by atoms with Gasteiger partial charge in [0.05, 0.1) is 0 Å². The summed E-state index contributed by atoms with van der Waals surface area (Å²) in [5, 5.41) is 1.32. The first-order chi connectivity index (χ1) is 14.5. The molecule has 0 aliphatic heterocycles. The molecule has 0 bridgehead atoms. The van der Waals surface area contributed by atoms with Crippen molar-refractivity contribution in [2.24, 2.45) is 11.8 Å². The molecular weight excluding hydrogens is 381 g/mol. The average molecular weight is 411 g/mol. The summed E-state index contributed by atoms with van der Waals surface area (Å²) in [4.78, 5) is 0. The van der Waals surface area contributed by atoms with Crippen LogP contribution in [0.3, 0.4) is 0 Å². The van der Waals surface area contributed by atoms with E-state index in [0.717, 1.165) is 41.8 Å². The Morgan fingerprint density at radius 1 is 0.767 bits per heavy atom. The molecule has 0 heterocycles. The van der Waals surface area contributed by atoms with Crippen molar-refractivity contribution >= 4 is 10.8 Å². The van der Waals surface area contributed by atoms with Crippen LogP contribution in [-0.4, -0.2) is 0 Å². The summed E-state index contributed by atoms with van der Waals surface area (Å²) in [5.74, 6) is -0.114. The molecule has 1 saturated carbocycles. The Morgan fingerprint density at radius 3 is 2.10 bits per heavy atom. The maximum atomic E-state index is 15.1. The maximum absolute atomic E-state index is 15.1. The predicted octanol–water partition coefficient (Wildman–Crippen LogP) is 8.46. The van der Waals surface area contributed by atoms with E-state index in [1.165, 1.54) is 50.5 Å². The quantitative estimate of drug-likeness (QED) is 0.382. The number of hydrogen-bond donors (Lipinski definition) is 0. The van der Waals surface area contributed by atoms with E-state index in [1.807, 2.05) is 12.1 Å². The van der Waals surface area contributed by atoms with Crippen LogP contribution in [0.4, 0.5) is 13.2 Å². The lowest BCUT2D eigenvalue weighted by molar-refractivity contribution is 0.252. The van der Waals surface area contributed by atoms with E-state index in [-0.39, 0.29) is 11.1 Å². The second-order valence-electron chi connectivity index (χ2n) is 8.85. The van der Waals surface area contributed by atoms with Crippen LogP contribution in [0, 0.1) is 29.3 Å². The first-order valence-electron chi connectivity index (χ1n) is 11.2. The van der Waals surface area contributed by atoms with Crippen molar-refractivity contribution in [1.29, 1.82) is 0 Å². The van der Waals surface area contributed by atoms with Gasteiger partial charge in [-0.2, -0.15) is 0 Å². The molecule has 0 unspecified atom stereocenters. The molecule has 3 aromatic rings. The third-order valence-corrected chi connectivity index (χ3v) is 6.70. The van der Waals surface area contributed by atoms with Gasteiger partial charge in [-0.3, -0.25) is 0 Å². The predicted molar refractivity (Wildman–Crippen MR) is 118 cm³/mol. The fourth-order valence-electron chi connectivity index (χ4n) is 5.02. The van der Waals surface area contributed by atoms with E-state index in [0.29, 0.717) is 5.39 Å². The SMILES string of the molecule is CCCC1CCC(CCc2ccc3c(F)c(-c4cc(F)cc(F)c4)ccc3c2)CC1. The van der Waals surface area contributed by atoms with Crippen molar-refractivity contribution in [3.63, 3.8) is 0 Å². The van der Waals surface area contributed by atoms with E-state index in [4.69, 9.17) is 0 Å². The first kappa shape index (κ1) is 21.0. The van der Waals surface area contributed by atoms with Gasteiger partial charge in [-0.1, -0.05) is 75.8 Å². The van der Waals surface area contributed by atoms with Gasteiger partial charge in [0.25, 0.3) is 0 Å². The average Bonchev–Trinajstić information content (AvgIpc) is 2.73. The minimum atomic E-state index is -0.705. The molecule has 0 atom stereocenters. The number of benzene rings is 3. The van der Waals surface area contributed by atoms with Gasteiger partial charge < -0.3 is 0 Å². The monoisotopic (exact) mass is 410 g/mol. The van der Waals surface area contributed by atoms with E-state index in [9.17, 15) is 8.78 Å². The summed E-state index contributed by atoms with van der Waals surface area (Å²) in [6, 6.07) is 12.4. The Morgan fingerprint density at radius 2 is 1.43 bits per heavy atom. The summed E-state index contributed by atoms with van der Waals surface area (Å²) in [6.45, 7) is 2.27.